The van der Waals surface area contributed by atoms with E-state index in [1.165, 1.54) is 42.6 Å². The van der Waals surface area contributed by atoms with Crippen molar-refractivity contribution in [2.45, 2.75) is 46.6 Å². The number of nitrogens with one attached hydrogen (secondary N) is 1. The Morgan fingerprint density at radius 3 is 2.75 bits per heavy atom. The fourth-order valence-electron chi connectivity index (χ4n) is 3.23. The standard InChI is InChI=1S/C18H30N2/c1-5-19-18(13-20-10-6-7-14(2)12-20)17-9-8-15(3)16(4)11-17/h8-9,11,14,18-19H,5-7,10,12-13H2,1-4H3. The average Bonchev–Trinajstić information content (AvgIpc) is 2.41. The molecule has 2 nitrogen and oxygen atoms in total. The molecule has 1 aromatic carbocycles. The minimum Gasteiger partial charge on any atom is -0.309 e. The van der Waals surface area contributed by atoms with Gasteiger partial charge in [-0.25, -0.2) is 0 Å². The first-order valence-electron chi connectivity index (χ1n) is 8.13. The van der Waals surface area contributed by atoms with Crippen LogP contribution >= 0.6 is 0 Å². The molecule has 0 spiro atoms. The van der Waals surface area contributed by atoms with Crippen LogP contribution < -0.4 is 5.32 Å². The largest absolute Gasteiger partial charge is 0.309 e. The second-order valence-electron chi connectivity index (χ2n) is 6.46. The van der Waals surface area contributed by atoms with Gasteiger partial charge in [0.1, 0.15) is 0 Å². The highest BCUT2D eigenvalue weighted by Crippen LogP contribution is 2.22. The minimum absolute atomic E-state index is 0.463. The highest BCUT2D eigenvalue weighted by atomic mass is 15.2. The van der Waals surface area contributed by atoms with E-state index >= 15 is 0 Å². The van der Waals surface area contributed by atoms with Gasteiger partial charge in [0.15, 0.2) is 0 Å². The van der Waals surface area contributed by atoms with Crippen molar-refractivity contribution in [3.05, 3.63) is 34.9 Å². The van der Waals surface area contributed by atoms with Gasteiger partial charge in [-0.2, -0.15) is 0 Å². The van der Waals surface area contributed by atoms with Crippen LogP contribution in [0.25, 0.3) is 0 Å². The van der Waals surface area contributed by atoms with Gasteiger partial charge in [-0.05, 0) is 62.4 Å². The van der Waals surface area contributed by atoms with Crippen LogP contribution in [0.5, 0.6) is 0 Å². The zero-order chi connectivity index (χ0) is 14.5. The predicted octanol–water partition coefficient (Wildman–Crippen LogP) is 3.69. The third-order valence-electron chi connectivity index (χ3n) is 4.57. The van der Waals surface area contributed by atoms with E-state index in [-0.39, 0.29) is 0 Å². The lowest BCUT2D eigenvalue weighted by Gasteiger charge is -2.34. The smallest absolute Gasteiger partial charge is 0.0449 e. The van der Waals surface area contributed by atoms with Crippen LogP contribution in [0.4, 0.5) is 0 Å². The number of nitrogens with zero attached hydrogens (tertiary/aromatic N) is 1. The Labute approximate surface area is 124 Å². The van der Waals surface area contributed by atoms with Crippen molar-refractivity contribution >= 4 is 0 Å². The van der Waals surface area contributed by atoms with Gasteiger partial charge in [-0.3, -0.25) is 0 Å². The number of hydrogen-bond donors (Lipinski definition) is 1. The lowest BCUT2D eigenvalue weighted by molar-refractivity contribution is 0.167. The molecule has 1 N–H and O–H groups in total. The molecule has 0 radical (unpaired) electrons. The zero-order valence-electron chi connectivity index (χ0n) is 13.6. The van der Waals surface area contributed by atoms with Gasteiger partial charge < -0.3 is 10.2 Å². The molecule has 2 atom stereocenters. The molecule has 0 saturated carbocycles. The first-order valence-corrected chi connectivity index (χ1v) is 8.13. The number of piperidine rings is 1. The van der Waals surface area contributed by atoms with E-state index in [1.807, 2.05) is 0 Å². The second kappa shape index (κ2) is 7.24. The van der Waals surface area contributed by atoms with Gasteiger partial charge in [0.25, 0.3) is 0 Å². The number of hydrogen-bond acceptors (Lipinski definition) is 2. The van der Waals surface area contributed by atoms with Gasteiger partial charge in [0, 0.05) is 19.1 Å². The predicted molar refractivity (Wildman–Crippen MR) is 87.2 cm³/mol. The van der Waals surface area contributed by atoms with Crippen LogP contribution in [-0.4, -0.2) is 31.1 Å². The second-order valence-corrected chi connectivity index (χ2v) is 6.46. The summed E-state index contributed by atoms with van der Waals surface area (Å²) in [6.07, 6.45) is 2.75. The highest BCUT2D eigenvalue weighted by molar-refractivity contribution is 5.32. The average molecular weight is 274 g/mol. The van der Waals surface area contributed by atoms with E-state index in [0.717, 1.165) is 19.0 Å². The van der Waals surface area contributed by atoms with Crippen molar-refractivity contribution in [2.75, 3.05) is 26.2 Å². The van der Waals surface area contributed by atoms with E-state index in [2.05, 4.69) is 56.1 Å². The van der Waals surface area contributed by atoms with Crippen molar-refractivity contribution in [3.63, 3.8) is 0 Å². The molecular weight excluding hydrogens is 244 g/mol. The van der Waals surface area contributed by atoms with Crippen LogP contribution in [0.2, 0.25) is 0 Å². The van der Waals surface area contributed by atoms with E-state index in [9.17, 15) is 0 Å². The number of aryl methyl sites for hydroxylation is 2. The van der Waals surface area contributed by atoms with Crippen molar-refractivity contribution in [2.24, 2.45) is 5.92 Å². The number of likely N-dealkylation sites (N-methyl/N-ethyl adjacent to an activating group) is 1. The van der Waals surface area contributed by atoms with Crippen molar-refractivity contribution in [3.8, 4) is 0 Å². The quantitative estimate of drug-likeness (QED) is 0.881. The molecule has 20 heavy (non-hydrogen) atoms. The van der Waals surface area contributed by atoms with Crippen LogP contribution in [-0.2, 0) is 0 Å². The van der Waals surface area contributed by atoms with Crippen LogP contribution in [0, 0.1) is 19.8 Å². The highest BCUT2D eigenvalue weighted by Gasteiger charge is 2.20. The van der Waals surface area contributed by atoms with Gasteiger partial charge in [-0.1, -0.05) is 32.0 Å². The first-order chi connectivity index (χ1) is 9.60. The molecule has 0 amide bonds. The lowest BCUT2D eigenvalue weighted by atomic mass is 9.97. The van der Waals surface area contributed by atoms with E-state index in [0.29, 0.717) is 6.04 Å². The van der Waals surface area contributed by atoms with Gasteiger partial charge >= 0.3 is 0 Å². The summed E-state index contributed by atoms with van der Waals surface area (Å²) in [6.45, 7) is 13.7. The fraction of sp³-hybridized carbons (Fsp3) is 0.667. The summed E-state index contributed by atoms with van der Waals surface area (Å²) < 4.78 is 0. The molecule has 1 aliphatic rings. The lowest BCUT2D eigenvalue weighted by Crippen LogP contribution is -2.40. The first kappa shape index (κ1) is 15.5. The van der Waals surface area contributed by atoms with Crippen molar-refractivity contribution in [1.82, 2.24) is 10.2 Å². The maximum atomic E-state index is 3.67. The van der Waals surface area contributed by atoms with Gasteiger partial charge in [0.05, 0.1) is 0 Å². The van der Waals surface area contributed by atoms with Crippen LogP contribution in [0.1, 0.15) is 49.4 Å². The summed E-state index contributed by atoms with van der Waals surface area (Å²) >= 11 is 0. The molecule has 0 bridgehead atoms. The Hall–Kier alpha value is -0.860. The topological polar surface area (TPSA) is 15.3 Å². The summed E-state index contributed by atoms with van der Waals surface area (Å²) in [5, 5.41) is 3.67. The molecular formula is C18H30N2. The molecule has 112 valence electrons. The summed E-state index contributed by atoms with van der Waals surface area (Å²) in [7, 11) is 0. The third kappa shape index (κ3) is 4.07. The molecule has 2 heteroatoms. The number of rotatable bonds is 5. The number of likely N-dealkylation sites (tertiary alicyclic amines) is 1. The molecule has 0 aromatic heterocycles. The van der Waals surface area contributed by atoms with Gasteiger partial charge in [-0.15, -0.1) is 0 Å². The molecule has 0 aliphatic carbocycles. The van der Waals surface area contributed by atoms with E-state index < -0.39 is 0 Å². The molecule has 1 fully saturated rings. The maximum Gasteiger partial charge on any atom is 0.0449 e. The SMILES string of the molecule is CCNC(CN1CCCC(C)C1)c1ccc(C)c(C)c1. The summed E-state index contributed by atoms with van der Waals surface area (Å²) in [5.41, 5.74) is 4.22. The summed E-state index contributed by atoms with van der Waals surface area (Å²) in [5.74, 6) is 0.853. The van der Waals surface area contributed by atoms with E-state index in [1.54, 1.807) is 0 Å². The Morgan fingerprint density at radius 2 is 2.10 bits per heavy atom. The molecule has 1 aromatic rings. The zero-order valence-corrected chi connectivity index (χ0v) is 13.6. The number of benzene rings is 1. The Kier molecular flexibility index (Phi) is 5.62. The molecule has 2 rings (SSSR count). The molecule has 1 aliphatic heterocycles. The fourth-order valence-corrected chi connectivity index (χ4v) is 3.23. The Balaban J connectivity index is 2.07. The van der Waals surface area contributed by atoms with Crippen molar-refractivity contribution < 1.29 is 0 Å². The van der Waals surface area contributed by atoms with E-state index in [4.69, 9.17) is 0 Å². The van der Waals surface area contributed by atoms with Gasteiger partial charge in [0.2, 0.25) is 0 Å². The molecule has 1 heterocycles. The summed E-state index contributed by atoms with van der Waals surface area (Å²) in [4.78, 5) is 2.64. The third-order valence-corrected chi connectivity index (χ3v) is 4.57. The molecule has 1 saturated heterocycles. The minimum atomic E-state index is 0.463. The monoisotopic (exact) mass is 274 g/mol. The maximum absolute atomic E-state index is 3.67. The van der Waals surface area contributed by atoms with Crippen molar-refractivity contribution in [1.29, 1.82) is 0 Å². The summed E-state index contributed by atoms with van der Waals surface area (Å²) in [6, 6.07) is 7.37. The Bertz CT molecular complexity index is 427. The Morgan fingerprint density at radius 1 is 1.30 bits per heavy atom. The normalized spacial score (nSPS) is 21.9. The van der Waals surface area contributed by atoms with Crippen LogP contribution in [0.15, 0.2) is 18.2 Å². The van der Waals surface area contributed by atoms with Crippen LogP contribution in [0.3, 0.4) is 0 Å². The molecule has 2 unspecified atom stereocenters.